The number of rotatable bonds is 4. The van der Waals surface area contributed by atoms with Crippen molar-refractivity contribution in [2.24, 2.45) is 11.3 Å². The van der Waals surface area contributed by atoms with Crippen molar-refractivity contribution in [3.8, 4) is 0 Å². The van der Waals surface area contributed by atoms with Gasteiger partial charge in [-0.25, -0.2) is 0 Å². The zero-order valence-electron chi connectivity index (χ0n) is 11.7. The minimum atomic E-state index is 0.0204. The van der Waals surface area contributed by atoms with Gasteiger partial charge in [0.05, 0.1) is 18.8 Å². The first-order valence-electron chi connectivity index (χ1n) is 7.18. The van der Waals surface area contributed by atoms with Crippen LogP contribution in [0.5, 0.6) is 0 Å². The van der Waals surface area contributed by atoms with Crippen LogP contribution in [0.4, 0.5) is 0 Å². The van der Waals surface area contributed by atoms with Crippen molar-refractivity contribution in [1.82, 2.24) is 5.32 Å². The Morgan fingerprint density at radius 3 is 2.79 bits per heavy atom. The number of hydrogen-bond acceptors (Lipinski definition) is 3. The molecule has 2 N–H and O–H groups in total. The van der Waals surface area contributed by atoms with Crippen LogP contribution in [0.2, 0.25) is 0 Å². The standard InChI is InChI=1S/C16H23NO2/c1-16(2)14(12-8-9-19-15(12)16)17-13(10-18)11-6-4-3-5-7-11/h3-7,12-15,17-18H,8-10H2,1-2H3/t12?,13-,14?,15?/m0/s1. The summed E-state index contributed by atoms with van der Waals surface area (Å²) in [5.41, 5.74) is 1.31. The summed E-state index contributed by atoms with van der Waals surface area (Å²) >= 11 is 0. The van der Waals surface area contributed by atoms with Gasteiger partial charge in [0.25, 0.3) is 0 Å². The molecule has 104 valence electrons. The van der Waals surface area contributed by atoms with E-state index in [1.165, 1.54) is 0 Å². The van der Waals surface area contributed by atoms with E-state index in [-0.39, 0.29) is 18.1 Å². The van der Waals surface area contributed by atoms with E-state index in [1.807, 2.05) is 18.2 Å². The lowest BCUT2D eigenvalue weighted by Crippen LogP contribution is -2.66. The van der Waals surface area contributed by atoms with Gasteiger partial charge in [0.2, 0.25) is 0 Å². The maximum absolute atomic E-state index is 9.66. The molecule has 1 saturated heterocycles. The Kier molecular flexibility index (Phi) is 3.37. The summed E-state index contributed by atoms with van der Waals surface area (Å²) in [4.78, 5) is 0. The molecule has 0 aromatic heterocycles. The SMILES string of the molecule is CC1(C)C(N[C@@H](CO)c2ccccc2)C2CCOC21. The molecule has 1 aliphatic heterocycles. The highest BCUT2D eigenvalue weighted by atomic mass is 16.5. The predicted octanol–water partition coefficient (Wildman–Crippen LogP) is 2.12. The summed E-state index contributed by atoms with van der Waals surface area (Å²) in [7, 11) is 0. The van der Waals surface area contributed by atoms with Crippen molar-refractivity contribution >= 4 is 0 Å². The highest BCUT2D eigenvalue weighted by molar-refractivity contribution is 5.21. The topological polar surface area (TPSA) is 41.5 Å². The van der Waals surface area contributed by atoms with E-state index in [9.17, 15) is 5.11 Å². The normalized spacial score (nSPS) is 33.5. The van der Waals surface area contributed by atoms with Crippen LogP contribution in [0.1, 0.15) is 31.9 Å². The lowest BCUT2D eigenvalue weighted by atomic mass is 9.57. The number of ether oxygens (including phenoxy) is 1. The largest absolute Gasteiger partial charge is 0.394 e. The smallest absolute Gasteiger partial charge is 0.0685 e. The van der Waals surface area contributed by atoms with Crippen LogP contribution >= 0.6 is 0 Å². The summed E-state index contributed by atoms with van der Waals surface area (Å²) in [6.07, 6.45) is 1.53. The molecular weight excluding hydrogens is 238 g/mol. The summed E-state index contributed by atoms with van der Waals surface area (Å²) in [5, 5.41) is 13.3. The number of hydrogen-bond donors (Lipinski definition) is 2. The predicted molar refractivity (Wildman–Crippen MR) is 74.8 cm³/mol. The first kappa shape index (κ1) is 13.1. The van der Waals surface area contributed by atoms with Crippen LogP contribution in [-0.4, -0.2) is 30.5 Å². The molecule has 1 saturated carbocycles. The van der Waals surface area contributed by atoms with E-state index in [1.54, 1.807) is 0 Å². The zero-order chi connectivity index (χ0) is 13.5. The van der Waals surface area contributed by atoms with Crippen LogP contribution < -0.4 is 5.32 Å². The van der Waals surface area contributed by atoms with Crippen LogP contribution in [0.25, 0.3) is 0 Å². The molecule has 0 bridgehead atoms. The third-order valence-corrected chi connectivity index (χ3v) is 4.87. The van der Waals surface area contributed by atoms with E-state index in [0.717, 1.165) is 18.6 Å². The van der Waals surface area contributed by atoms with Crippen molar-refractivity contribution in [3.05, 3.63) is 35.9 Å². The monoisotopic (exact) mass is 261 g/mol. The molecule has 3 unspecified atom stereocenters. The molecular formula is C16H23NO2. The Labute approximate surface area is 115 Å². The number of fused-ring (bicyclic) bond motifs is 1. The first-order chi connectivity index (χ1) is 9.14. The molecule has 19 heavy (non-hydrogen) atoms. The van der Waals surface area contributed by atoms with Gasteiger partial charge in [0.15, 0.2) is 0 Å². The highest BCUT2D eigenvalue weighted by Gasteiger charge is 2.59. The molecule has 3 nitrogen and oxygen atoms in total. The second-order valence-corrected chi connectivity index (χ2v) is 6.36. The molecule has 0 spiro atoms. The first-order valence-corrected chi connectivity index (χ1v) is 7.18. The maximum atomic E-state index is 9.66. The van der Waals surface area contributed by atoms with Crippen molar-refractivity contribution in [3.63, 3.8) is 0 Å². The van der Waals surface area contributed by atoms with Crippen molar-refractivity contribution in [2.75, 3.05) is 13.2 Å². The van der Waals surface area contributed by atoms with Gasteiger partial charge >= 0.3 is 0 Å². The molecule has 2 fully saturated rings. The van der Waals surface area contributed by atoms with E-state index >= 15 is 0 Å². The van der Waals surface area contributed by atoms with Gasteiger partial charge in [-0.15, -0.1) is 0 Å². The fourth-order valence-corrected chi connectivity index (χ4v) is 3.82. The number of nitrogens with one attached hydrogen (secondary N) is 1. The second-order valence-electron chi connectivity index (χ2n) is 6.36. The minimum Gasteiger partial charge on any atom is -0.394 e. The molecule has 3 rings (SSSR count). The Balaban J connectivity index is 1.73. The molecule has 1 aromatic carbocycles. The second kappa shape index (κ2) is 4.89. The van der Waals surface area contributed by atoms with Gasteiger partial charge in [-0.05, 0) is 12.0 Å². The van der Waals surface area contributed by atoms with Crippen LogP contribution in [0.15, 0.2) is 30.3 Å². The van der Waals surface area contributed by atoms with Crippen LogP contribution in [-0.2, 0) is 4.74 Å². The van der Waals surface area contributed by atoms with E-state index in [0.29, 0.717) is 18.1 Å². The van der Waals surface area contributed by atoms with Gasteiger partial charge in [-0.3, -0.25) is 0 Å². The average molecular weight is 261 g/mol. The molecule has 0 radical (unpaired) electrons. The number of aliphatic hydroxyl groups excluding tert-OH is 1. The third-order valence-electron chi connectivity index (χ3n) is 4.87. The van der Waals surface area contributed by atoms with Crippen molar-refractivity contribution < 1.29 is 9.84 Å². The Hall–Kier alpha value is -0.900. The average Bonchev–Trinajstić information content (AvgIpc) is 2.87. The fourth-order valence-electron chi connectivity index (χ4n) is 3.82. The molecule has 0 amide bonds. The molecule has 3 heteroatoms. The van der Waals surface area contributed by atoms with E-state index < -0.39 is 0 Å². The van der Waals surface area contributed by atoms with Gasteiger partial charge in [-0.2, -0.15) is 0 Å². The summed E-state index contributed by atoms with van der Waals surface area (Å²) in [6.45, 7) is 5.54. The van der Waals surface area contributed by atoms with Gasteiger partial charge < -0.3 is 15.2 Å². The molecule has 2 aliphatic rings. The molecule has 1 heterocycles. The lowest BCUT2D eigenvalue weighted by molar-refractivity contribution is -0.116. The van der Waals surface area contributed by atoms with E-state index in [4.69, 9.17) is 4.74 Å². The Morgan fingerprint density at radius 1 is 1.37 bits per heavy atom. The van der Waals surface area contributed by atoms with Gasteiger partial charge in [-0.1, -0.05) is 44.2 Å². The van der Waals surface area contributed by atoms with Crippen LogP contribution in [0.3, 0.4) is 0 Å². The zero-order valence-corrected chi connectivity index (χ0v) is 11.7. The summed E-state index contributed by atoms with van der Waals surface area (Å²) < 4.78 is 5.82. The van der Waals surface area contributed by atoms with Gasteiger partial charge in [0.1, 0.15) is 0 Å². The lowest BCUT2D eigenvalue weighted by Gasteiger charge is -2.55. The quantitative estimate of drug-likeness (QED) is 0.872. The molecule has 4 atom stereocenters. The van der Waals surface area contributed by atoms with Crippen molar-refractivity contribution in [1.29, 1.82) is 0 Å². The minimum absolute atomic E-state index is 0.0204. The molecule has 1 aromatic rings. The van der Waals surface area contributed by atoms with Crippen molar-refractivity contribution in [2.45, 2.75) is 38.5 Å². The van der Waals surface area contributed by atoms with E-state index in [2.05, 4.69) is 31.3 Å². The third kappa shape index (κ3) is 2.10. The van der Waals surface area contributed by atoms with Gasteiger partial charge in [0, 0.05) is 24.0 Å². The highest BCUT2D eigenvalue weighted by Crippen LogP contribution is 2.52. The summed E-state index contributed by atoms with van der Waals surface area (Å²) in [6, 6.07) is 10.6. The number of benzene rings is 1. The Bertz CT molecular complexity index is 432. The van der Waals surface area contributed by atoms with Crippen LogP contribution in [0, 0.1) is 11.3 Å². The molecule has 1 aliphatic carbocycles. The Morgan fingerprint density at radius 2 is 2.11 bits per heavy atom. The number of aliphatic hydroxyl groups is 1. The maximum Gasteiger partial charge on any atom is 0.0685 e. The fraction of sp³-hybridized carbons (Fsp3) is 0.625. The summed E-state index contributed by atoms with van der Waals surface area (Å²) in [5.74, 6) is 0.604.